The molecule has 0 saturated heterocycles. The maximum atomic E-state index is 4.83. The summed E-state index contributed by atoms with van der Waals surface area (Å²) in [6.07, 6.45) is 0. The van der Waals surface area contributed by atoms with E-state index in [1.54, 1.807) is 0 Å². The van der Waals surface area contributed by atoms with Crippen molar-refractivity contribution in [2.45, 2.75) is 19.3 Å². The molecule has 2 aromatic heterocycles. The molecule has 0 radical (unpaired) electrons. The lowest BCUT2D eigenvalue weighted by Crippen LogP contribution is -2.28. The summed E-state index contributed by atoms with van der Waals surface area (Å²) >= 11 is 0. The van der Waals surface area contributed by atoms with Crippen molar-refractivity contribution in [3.05, 3.63) is 216 Å². The summed E-state index contributed by atoms with van der Waals surface area (Å²) in [6, 6.07) is 68.0. The predicted octanol–water partition coefficient (Wildman–Crippen LogP) is 13.7. The number of rotatable bonds is 5. The maximum absolute atomic E-state index is 4.83. The maximum Gasteiger partial charge on any atom is 0.106 e. The lowest BCUT2D eigenvalue weighted by Gasteiger charge is -2.34. The zero-order valence-corrected chi connectivity index (χ0v) is 34.6. The molecule has 12 rings (SSSR count). The summed E-state index contributed by atoms with van der Waals surface area (Å²) in [6.45, 7) is 4.14. The monoisotopic (exact) mass is 782 g/mol. The van der Waals surface area contributed by atoms with Crippen LogP contribution >= 0.6 is 0 Å². The Morgan fingerprint density at radius 1 is 0.377 bits per heavy atom. The third-order valence-electron chi connectivity index (χ3n) is 13.6. The molecular weight excluding hydrogens is 741 g/mol. The Bertz CT molecular complexity index is 3390. The first-order valence-electron chi connectivity index (χ1n) is 21.1. The van der Waals surface area contributed by atoms with Crippen LogP contribution in [0, 0.1) is 13.8 Å². The van der Waals surface area contributed by atoms with Gasteiger partial charge < -0.3 is 9.13 Å². The predicted molar refractivity (Wildman–Crippen MR) is 253 cm³/mol. The largest absolute Gasteiger partial charge is 0.331 e. The van der Waals surface area contributed by atoms with Gasteiger partial charge in [-0.05, 0) is 139 Å². The Hall–Kier alpha value is -7.56. The normalized spacial score (nSPS) is 13.0. The van der Waals surface area contributed by atoms with Crippen LogP contribution in [0.15, 0.2) is 182 Å². The standard InChI is InChI=1S/C57H42N4/c1-35-58-52-29-26-37(32-54(52)60(35)3)42-20-13-22-46-48(42)34-49-43(38-27-30-53-55(33-38)61(4)36(2)59-53)21-14-23-47(49)56(46)39-25-28-45-44-19-11-12-24-50(44)57(51(45)31-39,40-15-7-5-8-16-40)41-17-9-6-10-18-41/h5-34H,1-4H3. The number of hydrogen-bond acceptors (Lipinski definition) is 2. The lowest BCUT2D eigenvalue weighted by molar-refractivity contribution is 0.769. The molecule has 2 heterocycles. The van der Waals surface area contributed by atoms with E-state index in [1.807, 2.05) is 0 Å². The van der Waals surface area contributed by atoms with Crippen molar-refractivity contribution in [3.63, 3.8) is 0 Å². The molecule has 0 saturated carbocycles. The fraction of sp³-hybridized carbons (Fsp3) is 0.0877. The van der Waals surface area contributed by atoms with Gasteiger partial charge in [-0.1, -0.05) is 146 Å². The summed E-state index contributed by atoms with van der Waals surface area (Å²) in [5.41, 5.74) is 18.7. The topological polar surface area (TPSA) is 35.6 Å². The van der Waals surface area contributed by atoms with Crippen molar-refractivity contribution in [2.24, 2.45) is 14.1 Å². The van der Waals surface area contributed by atoms with Gasteiger partial charge in [0.25, 0.3) is 0 Å². The molecule has 290 valence electrons. The van der Waals surface area contributed by atoms with E-state index < -0.39 is 5.41 Å². The van der Waals surface area contributed by atoms with Gasteiger partial charge in [-0.25, -0.2) is 9.97 Å². The first-order chi connectivity index (χ1) is 29.9. The van der Waals surface area contributed by atoms with Crippen molar-refractivity contribution in [2.75, 3.05) is 0 Å². The molecule has 11 aromatic rings. The highest BCUT2D eigenvalue weighted by Gasteiger charge is 2.46. The first-order valence-corrected chi connectivity index (χ1v) is 21.1. The Morgan fingerprint density at radius 3 is 1.41 bits per heavy atom. The van der Waals surface area contributed by atoms with Gasteiger partial charge in [-0.15, -0.1) is 0 Å². The summed E-state index contributed by atoms with van der Waals surface area (Å²) in [5.74, 6) is 2.01. The van der Waals surface area contributed by atoms with E-state index in [0.29, 0.717) is 0 Å². The molecule has 0 N–H and O–H groups in total. The third-order valence-corrected chi connectivity index (χ3v) is 13.6. The molecule has 1 aliphatic carbocycles. The van der Waals surface area contributed by atoms with Gasteiger partial charge in [0.1, 0.15) is 11.6 Å². The average molecular weight is 783 g/mol. The summed E-state index contributed by atoms with van der Waals surface area (Å²) in [4.78, 5) is 9.67. The smallest absolute Gasteiger partial charge is 0.106 e. The van der Waals surface area contributed by atoms with Crippen molar-refractivity contribution in [3.8, 4) is 44.5 Å². The highest BCUT2D eigenvalue weighted by molar-refractivity contribution is 6.19. The second-order valence-electron chi connectivity index (χ2n) is 16.7. The first kappa shape index (κ1) is 35.4. The van der Waals surface area contributed by atoms with Crippen molar-refractivity contribution < 1.29 is 0 Å². The molecule has 4 heteroatoms. The number of hydrogen-bond donors (Lipinski definition) is 0. The summed E-state index contributed by atoms with van der Waals surface area (Å²) in [5, 5.41) is 4.88. The Balaban J connectivity index is 1.19. The van der Waals surface area contributed by atoms with Crippen LogP contribution < -0.4 is 0 Å². The van der Waals surface area contributed by atoms with Gasteiger partial charge in [0.15, 0.2) is 0 Å². The van der Waals surface area contributed by atoms with E-state index in [-0.39, 0.29) is 0 Å². The second kappa shape index (κ2) is 13.2. The molecule has 9 aromatic carbocycles. The lowest BCUT2D eigenvalue weighted by atomic mass is 9.67. The fourth-order valence-corrected chi connectivity index (χ4v) is 10.5. The van der Waals surface area contributed by atoms with Gasteiger partial charge in [-0.3, -0.25) is 0 Å². The summed E-state index contributed by atoms with van der Waals surface area (Å²) < 4.78 is 4.38. The van der Waals surface area contributed by atoms with Gasteiger partial charge in [-0.2, -0.15) is 0 Å². The van der Waals surface area contributed by atoms with Crippen LogP contribution in [0.2, 0.25) is 0 Å². The van der Waals surface area contributed by atoms with E-state index in [4.69, 9.17) is 9.97 Å². The van der Waals surface area contributed by atoms with Crippen LogP contribution in [0.25, 0.3) is 88.1 Å². The van der Waals surface area contributed by atoms with Gasteiger partial charge in [0, 0.05) is 14.1 Å². The highest BCUT2D eigenvalue weighted by Crippen LogP contribution is 2.57. The van der Waals surface area contributed by atoms with E-state index >= 15 is 0 Å². The van der Waals surface area contributed by atoms with Crippen LogP contribution in [-0.4, -0.2) is 19.1 Å². The Labute approximate surface area is 355 Å². The van der Waals surface area contributed by atoms with Crippen LogP contribution in [0.4, 0.5) is 0 Å². The Kier molecular flexibility index (Phi) is 7.67. The van der Waals surface area contributed by atoms with Crippen molar-refractivity contribution >= 4 is 43.6 Å². The summed E-state index contributed by atoms with van der Waals surface area (Å²) in [7, 11) is 4.21. The minimum absolute atomic E-state index is 0.506. The van der Waals surface area contributed by atoms with Crippen molar-refractivity contribution in [1.82, 2.24) is 19.1 Å². The SMILES string of the molecule is Cc1nc2ccc(-c3cccc4c(-c5ccc6c(c5)C(c5ccccc5)(c5ccccc5)c5ccccc5-6)c5cccc(-c6ccc7nc(C)n(C)c7c6)c5cc34)cc2n1C. The van der Waals surface area contributed by atoms with E-state index in [0.717, 1.165) is 33.7 Å². The quantitative estimate of drug-likeness (QED) is 0.163. The van der Waals surface area contributed by atoms with E-state index in [2.05, 4.69) is 219 Å². The van der Waals surface area contributed by atoms with E-state index in [9.17, 15) is 0 Å². The number of aromatic nitrogens is 4. The second-order valence-corrected chi connectivity index (χ2v) is 16.7. The zero-order chi connectivity index (χ0) is 41.0. The molecule has 0 bridgehead atoms. The van der Waals surface area contributed by atoms with Gasteiger partial charge in [0.2, 0.25) is 0 Å². The Morgan fingerprint density at radius 2 is 0.852 bits per heavy atom. The molecule has 0 aliphatic heterocycles. The number of nitrogens with zero attached hydrogens (tertiary/aromatic N) is 4. The van der Waals surface area contributed by atoms with Gasteiger partial charge in [0.05, 0.1) is 27.5 Å². The molecule has 0 unspecified atom stereocenters. The molecule has 1 aliphatic rings. The molecule has 0 amide bonds. The molecule has 61 heavy (non-hydrogen) atoms. The molecule has 0 fully saturated rings. The van der Waals surface area contributed by atoms with Crippen LogP contribution in [0.1, 0.15) is 33.9 Å². The number of fused-ring (bicyclic) bond motifs is 7. The van der Waals surface area contributed by atoms with Crippen LogP contribution in [0.3, 0.4) is 0 Å². The molecule has 0 spiro atoms. The van der Waals surface area contributed by atoms with E-state index in [1.165, 1.54) is 88.3 Å². The van der Waals surface area contributed by atoms with Crippen LogP contribution in [-0.2, 0) is 19.5 Å². The van der Waals surface area contributed by atoms with Crippen LogP contribution in [0.5, 0.6) is 0 Å². The van der Waals surface area contributed by atoms with Gasteiger partial charge >= 0.3 is 0 Å². The minimum Gasteiger partial charge on any atom is -0.331 e. The fourth-order valence-electron chi connectivity index (χ4n) is 10.5. The highest BCUT2D eigenvalue weighted by atomic mass is 15.1. The minimum atomic E-state index is -0.506. The molecule has 0 atom stereocenters. The van der Waals surface area contributed by atoms with Crippen molar-refractivity contribution in [1.29, 1.82) is 0 Å². The number of aryl methyl sites for hydroxylation is 4. The molecular formula is C57H42N4. The third kappa shape index (κ3) is 5.06. The molecule has 4 nitrogen and oxygen atoms in total. The number of benzene rings is 9. The number of imidazole rings is 2. The zero-order valence-electron chi connectivity index (χ0n) is 34.6. The average Bonchev–Trinajstić information content (AvgIpc) is 3.89.